The van der Waals surface area contributed by atoms with Gasteiger partial charge >= 0.3 is 0 Å². The third-order valence-corrected chi connectivity index (χ3v) is 4.29. The summed E-state index contributed by atoms with van der Waals surface area (Å²) in [5, 5.41) is 16.9. The fourth-order valence-corrected chi connectivity index (χ4v) is 2.98. The average Bonchev–Trinajstić information content (AvgIpc) is 3.15. The first-order valence-corrected chi connectivity index (χ1v) is 7.73. The van der Waals surface area contributed by atoms with Crippen LogP contribution >= 0.6 is 0 Å². The molecule has 0 unspecified atom stereocenters. The molecule has 0 saturated carbocycles. The maximum absolute atomic E-state index is 12.3. The van der Waals surface area contributed by atoms with E-state index in [1.165, 1.54) is 0 Å². The van der Waals surface area contributed by atoms with Crippen molar-refractivity contribution in [3.8, 4) is 5.75 Å². The van der Waals surface area contributed by atoms with Gasteiger partial charge in [-0.15, -0.1) is 0 Å². The summed E-state index contributed by atoms with van der Waals surface area (Å²) in [6.07, 6.45) is 2.57. The molecule has 1 aromatic carbocycles. The Balaban J connectivity index is 1.66. The smallest absolute Gasteiger partial charge is 0.255 e. The van der Waals surface area contributed by atoms with Gasteiger partial charge in [0.25, 0.3) is 5.91 Å². The van der Waals surface area contributed by atoms with Gasteiger partial charge in [0.1, 0.15) is 11.9 Å². The normalized spacial score (nSPS) is 20.6. The second-order valence-corrected chi connectivity index (χ2v) is 5.95. The van der Waals surface area contributed by atoms with E-state index in [9.17, 15) is 9.90 Å². The van der Waals surface area contributed by atoms with Gasteiger partial charge in [-0.05, 0) is 31.5 Å². The number of carbonyl (C=O) groups is 1. The highest BCUT2D eigenvalue weighted by Crippen LogP contribution is 2.33. The molecular weight excluding hydrogens is 294 g/mol. The number of nitrogens with one attached hydrogen (secondary N) is 1. The summed E-state index contributed by atoms with van der Waals surface area (Å²) < 4.78 is 7.61. The number of amides is 1. The van der Waals surface area contributed by atoms with Crippen molar-refractivity contribution in [2.75, 3.05) is 13.2 Å². The number of aromatic hydroxyl groups is 1. The number of ether oxygens (including phenoxy) is 1. The number of benzene rings is 1. The standard InChI is InChI=1S/C17H21N3O3/c1-11-3-4-15(21)13(9-11)17(22)18-10-12-6-8-23-16(12)14-5-7-19-20(14)2/h3-5,7,9,12,16,21H,6,8,10H2,1-2H3,(H,18,22)/t12-,16+/m0/s1. The number of carbonyl (C=O) groups excluding carboxylic acids is 1. The summed E-state index contributed by atoms with van der Waals surface area (Å²) in [5.74, 6) is -0.0675. The van der Waals surface area contributed by atoms with Gasteiger partial charge < -0.3 is 15.2 Å². The van der Waals surface area contributed by atoms with Crippen LogP contribution in [0.3, 0.4) is 0 Å². The van der Waals surface area contributed by atoms with Gasteiger partial charge in [-0.3, -0.25) is 9.48 Å². The van der Waals surface area contributed by atoms with Crippen LogP contribution in [0.5, 0.6) is 5.75 Å². The van der Waals surface area contributed by atoms with Gasteiger partial charge in [-0.1, -0.05) is 11.6 Å². The first-order chi connectivity index (χ1) is 11.1. The van der Waals surface area contributed by atoms with Crippen LogP contribution in [-0.2, 0) is 11.8 Å². The molecule has 1 aromatic heterocycles. The summed E-state index contributed by atoms with van der Waals surface area (Å²) in [6, 6.07) is 6.95. The Morgan fingerprint density at radius 2 is 2.30 bits per heavy atom. The van der Waals surface area contributed by atoms with Crippen molar-refractivity contribution in [3.63, 3.8) is 0 Å². The van der Waals surface area contributed by atoms with Crippen molar-refractivity contribution < 1.29 is 14.6 Å². The molecule has 2 heterocycles. The van der Waals surface area contributed by atoms with Crippen LogP contribution in [0, 0.1) is 12.8 Å². The van der Waals surface area contributed by atoms with Crippen molar-refractivity contribution in [1.82, 2.24) is 15.1 Å². The molecule has 0 spiro atoms. The SMILES string of the molecule is Cc1ccc(O)c(C(=O)NC[C@@H]2CCO[C@H]2c2ccnn2C)c1. The van der Waals surface area contributed by atoms with E-state index < -0.39 is 0 Å². The number of nitrogens with zero attached hydrogens (tertiary/aromatic N) is 2. The zero-order chi connectivity index (χ0) is 16.4. The van der Waals surface area contributed by atoms with Gasteiger partial charge in [0.2, 0.25) is 0 Å². The predicted molar refractivity (Wildman–Crippen MR) is 85.2 cm³/mol. The highest BCUT2D eigenvalue weighted by Gasteiger charge is 2.32. The number of hydrogen-bond acceptors (Lipinski definition) is 4. The van der Waals surface area contributed by atoms with Crippen LogP contribution in [0.25, 0.3) is 0 Å². The third kappa shape index (κ3) is 3.22. The zero-order valence-electron chi connectivity index (χ0n) is 13.3. The Hall–Kier alpha value is -2.34. The number of phenols is 1. The van der Waals surface area contributed by atoms with Crippen molar-refractivity contribution in [2.45, 2.75) is 19.4 Å². The molecule has 6 nitrogen and oxygen atoms in total. The second kappa shape index (κ2) is 6.42. The summed E-state index contributed by atoms with van der Waals surface area (Å²) in [7, 11) is 1.89. The Kier molecular flexibility index (Phi) is 4.34. The molecule has 0 radical (unpaired) electrons. The molecule has 1 aliphatic heterocycles. The summed E-state index contributed by atoms with van der Waals surface area (Å²) in [5.41, 5.74) is 2.26. The predicted octanol–water partition coefficient (Wildman–Crippen LogP) is 1.94. The molecule has 3 rings (SSSR count). The van der Waals surface area contributed by atoms with Gasteiger partial charge in [0, 0.05) is 32.3 Å². The molecule has 2 atom stereocenters. The van der Waals surface area contributed by atoms with E-state index in [1.807, 2.05) is 20.0 Å². The molecular formula is C17H21N3O3. The van der Waals surface area contributed by atoms with E-state index in [1.54, 1.807) is 29.1 Å². The number of rotatable bonds is 4. The number of hydrogen-bond donors (Lipinski definition) is 2. The highest BCUT2D eigenvalue weighted by atomic mass is 16.5. The topological polar surface area (TPSA) is 76.4 Å². The molecule has 0 aliphatic carbocycles. The zero-order valence-corrected chi connectivity index (χ0v) is 13.3. The quantitative estimate of drug-likeness (QED) is 0.904. The number of aryl methyl sites for hydroxylation is 2. The lowest BCUT2D eigenvalue weighted by atomic mass is 9.98. The van der Waals surface area contributed by atoms with Crippen molar-refractivity contribution >= 4 is 5.91 Å². The molecule has 1 amide bonds. The Morgan fingerprint density at radius 1 is 1.48 bits per heavy atom. The average molecular weight is 315 g/mol. The fourth-order valence-electron chi connectivity index (χ4n) is 2.98. The molecule has 122 valence electrons. The minimum Gasteiger partial charge on any atom is -0.507 e. The summed E-state index contributed by atoms with van der Waals surface area (Å²) >= 11 is 0. The third-order valence-electron chi connectivity index (χ3n) is 4.29. The molecule has 0 bridgehead atoms. The lowest BCUT2D eigenvalue weighted by Crippen LogP contribution is -2.31. The van der Waals surface area contributed by atoms with E-state index in [-0.39, 0.29) is 23.7 Å². The van der Waals surface area contributed by atoms with Crippen LogP contribution in [0.2, 0.25) is 0 Å². The highest BCUT2D eigenvalue weighted by molar-refractivity contribution is 5.96. The first-order valence-electron chi connectivity index (χ1n) is 7.73. The largest absolute Gasteiger partial charge is 0.507 e. The molecule has 2 aromatic rings. The summed E-state index contributed by atoms with van der Waals surface area (Å²) in [4.78, 5) is 12.3. The van der Waals surface area contributed by atoms with Gasteiger partial charge in [-0.25, -0.2) is 0 Å². The van der Waals surface area contributed by atoms with E-state index in [0.29, 0.717) is 18.7 Å². The van der Waals surface area contributed by atoms with Crippen LogP contribution in [0.15, 0.2) is 30.5 Å². The Morgan fingerprint density at radius 3 is 3.04 bits per heavy atom. The van der Waals surface area contributed by atoms with Gasteiger partial charge in [0.15, 0.2) is 0 Å². The Bertz CT molecular complexity index is 711. The lowest BCUT2D eigenvalue weighted by molar-refractivity contribution is 0.0800. The number of phenolic OH excluding ortho intramolecular Hbond substituents is 1. The molecule has 1 saturated heterocycles. The van der Waals surface area contributed by atoms with Crippen LogP contribution < -0.4 is 5.32 Å². The van der Waals surface area contributed by atoms with Crippen LogP contribution in [0.1, 0.15) is 34.1 Å². The van der Waals surface area contributed by atoms with E-state index in [0.717, 1.165) is 17.7 Å². The fraction of sp³-hybridized carbons (Fsp3) is 0.412. The van der Waals surface area contributed by atoms with Crippen molar-refractivity contribution in [2.24, 2.45) is 13.0 Å². The maximum Gasteiger partial charge on any atom is 0.255 e. The molecule has 1 aliphatic rings. The van der Waals surface area contributed by atoms with Gasteiger partial charge in [0.05, 0.1) is 11.3 Å². The summed E-state index contributed by atoms with van der Waals surface area (Å²) in [6.45, 7) is 3.06. The van der Waals surface area contributed by atoms with E-state index in [4.69, 9.17) is 4.74 Å². The van der Waals surface area contributed by atoms with Crippen molar-refractivity contribution in [1.29, 1.82) is 0 Å². The van der Waals surface area contributed by atoms with E-state index >= 15 is 0 Å². The van der Waals surface area contributed by atoms with Crippen molar-refractivity contribution in [3.05, 3.63) is 47.3 Å². The maximum atomic E-state index is 12.3. The Labute approximate surface area is 135 Å². The van der Waals surface area contributed by atoms with Gasteiger partial charge in [-0.2, -0.15) is 5.10 Å². The van der Waals surface area contributed by atoms with E-state index in [2.05, 4.69) is 10.4 Å². The molecule has 2 N–H and O–H groups in total. The minimum atomic E-state index is -0.262. The monoisotopic (exact) mass is 315 g/mol. The lowest BCUT2D eigenvalue weighted by Gasteiger charge is -2.19. The molecule has 6 heteroatoms. The molecule has 23 heavy (non-hydrogen) atoms. The molecule has 1 fully saturated rings. The van der Waals surface area contributed by atoms with Crippen LogP contribution in [0.4, 0.5) is 0 Å². The van der Waals surface area contributed by atoms with Crippen LogP contribution in [-0.4, -0.2) is 33.9 Å². The number of aromatic nitrogens is 2. The second-order valence-electron chi connectivity index (χ2n) is 5.95. The first kappa shape index (κ1) is 15.6. The minimum absolute atomic E-state index is 0.000966.